The maximum absolute atomic E-state index is 13.0. The quantitative estimate of drug-likeness (QED) is 0.847. The van der Waals surface area contributed by atoms with Crippen LogP contribution in [-0.2, 0) is 14.6 Å². The Balaban J connectivity index is 2.11. The molecule has 1 aliphatic carbocycles. The van der Waals surface area contributed by atoms with E-state index in [9.17, 15) is 18.3 Å². The second kappa shape index (κ2) is 5.88. The molecule has 24 heavy (non-hydrogen) atoms. The smallest absolute Gasteiger partial charge is 0.312 e. The first-order valence-corrected chi connectivity index (χ1v) is 9.26. The van der Waals surface area contributed by atoms with E-state index in [1.165, 1.54) is 12.1 Å². The predicted octanol–water partition coefficient (Wildman–Crippen LogP) is 2.31. The number of carbonyl (C=O) groups is 1. The number of carboxylic acid groups (broad SMARTS) is 1. The zero-order valence-corrected chi connectivity index (χ0v) is 14.2. The van der Waals surface area contributed by atoms with E-state index in [1.54, 1.807) is 42.5 Å². The Labute approximate surface area is 145 Å². The van der Waals surface area contributed by atoms with Gasteiger partial charge in [-0.25, -0.2) is 8.42 Å². The van der Waals surface area contributed by atoms with Gasteiger partial charge in [0, 0.05) is 17.5 Å². The molecule has 1 aliphatic rings. The highest BCUT2D eigenvalue weighted by Gasteiger charge is 2.75. The third-order valence-electron chi connectivity index (χ3n) is 4.63. The third kappa shape index (κ3) is 2.42. The Morgan fingerprint density at radius 3 is 2.21 bits per heavy atom. The van der Waals surface area contributed by atoms with Gasteiger partial charge in [0.25, 0.3) is 0 Å². The van der Waals surface area contributed by atoms with E-state index in [1.807, 2.05) is 0 Å². The molecular formula is C17H16ClNO4S. The molecule has 1 saturated carbocycles. The minimum Gasteiger partial charge on any atom is -0.481 e. The minimum atomic E-state index is -3.83. The fourth-order valence-electron chi connectivity index (χ4n) is 3.35. The molecule has 0 aliphatic heterocycles. The van der Waals surface area contributed by atoms with Crippen molar-refractivity contribution in [3.8, 4) is 0 Å². The summed E-state index contributed by atoms with van der Waals surface area (Å²) in [5.41, 5.74) is 4.80. The lowest BCUT2D eigenvalue weighted by atomic mass is 9.99. The Kier molecular flexibility index (Phi) is 4.15. The number of hydrogen-bond acceptors (Lipinski definition) is 4. The molecule has 0 aromatic heterocycles. The molecule has 0 unspecified atom stereocenters. The number of rotatable bonds is 5. The van der Waals surface area contributed by atoms with Crippen LogP contribution in [0.15, 0.2) is 59.5 Å². The molecule has 126 valence electrons. The molecule has 0 amide bonds. The summed E-state index contributed by atoms with van der Waals surface area (Å²) in [4.78, 5) is 12.0. The van der Waals surface area contributed by atoms with E-state index < -0.39 is 32.4 Å². The number of nitrogens with two attached hydrogens (primary N) is 1. The first-order chi connectivity index (χ1) is 11.4. The van der Waals surface area contributed by atoms with Crippen molar-refractivity contribution in [1.29, 1.82) is 0 Å². The van der Waals surface area contributed by atoms with Crippen LogP contribution in [0.5, 0.6) is 0 Å². The third-order valence-corrected chi connectivity index (χ3v) is 7.17. The minimum absolute atomic E-state index is 0.102. The lowest BCUT2D eigenvalue weighted by Gasteiger charge is -2.10. The predicted molar refractivity (Wildman–Crippen MR) is 90.7 cm³/mol. The average Bonchev–Trinajstić information content (AvgIpc) is 3.28. The van der Waals surface area contributed by atoms with Gasteiger partial charge in [0.05, 0.1) is 10.1 Å². The van der Waals surface area contributed by atoms with Gasteiger partial charge in [-0.15, -0.1) is 0 Å². The van der Waals surface area contributed by atoms with Crippen molar-refractivity contribution in [2.45, 2.75) is 16.1 Å². The van der Waals surface area contributed by atoms with Crippen molar-refractivity contribution in [3.05, 3.63) is 65.2 Å². The molecule has 0 bridgehead atoms. The van der Waals surface area contributed by atoms with E-state index in [-0.39, 0.29) is 11.4 Å². The van der Waals surface area contributed by atoms with Crippen molar-refractivity contribution < 1.29 is 18.3 Å². The van der Waals surface area contributed by atoms with Crippen molar-refractivity contribution in [3.63, 3.8) is 0 Å². The van der Waals surface area contributed by atoms with E-state index in [2.05, 4.69) is 0 Å². The fraction of sp³-hybridized carbons (Fsp3) is 0.235. The summed E-state index contributed by atoms with van der Waals surface area (Å²) in [5, 5.41) is 9.10. The molecule has 5 nitrogen and oxygen atoms in total. The number of carboxylic acids is 1. The molecule has 0 saturated heterocycles. The second-order valence-electron chi connectivity index (χ2n) is 5.86. The lowest BCUT2D eigenvalue weighted by molar-refractivity contribution is -0.143. The highest BCUT2D eigenvalue weighted by molar-refractivity contribution is 7.92. The number of hydrogen-bond donors (Lipinski definition) is 2. The Morgan fingerprint density at radius 1 is 1.12 bits per heavy atom. The first kappa shape index (κ1) is 17.0. The summed E-state index contributed by atoms with van der Waals surface area (Å²) in [6, 6.07) is 14.4. The number of sulfone groups is 1. The average molecular weight is 366 g/mol. The van der Waals surface area contributed by atoms with Crippen LogP contribution in [0, 0.1) is 5.41 Å². The molecule has 3 atom stereocenters. The molecule has 2 aromatic carbocycles. The maximum atomic E-state index is 13.0. The van der Waals surface area contributed by atoms with Gasteiger partial charge < -0.3 is 10.8 Å². The molecular weight excluding hydrogens is 350 g/mol. The van der Waals surface area contributed by atoms with Gasteiger partial charge in [-0.1, -0.05) is 41.9 Å². The van der Waals surface area contributed by atoms with E-state index in [0.717, 1.165) is 0 Å². The van der Waals surface area contributed by atoms with Crippen molar-refractivity contribution in [2.24, 2.45) is 11.1 Å². The highest BCUT2D eigenvalue weighted by atomic mass is 35.5. The van der Waals surface area contributed by atoms with Gasteiger partial charge in [-0.3, -0.25) is 4.79 Å². The zero-order chi connectivity index (χ0) is 17.5. The molecule has 0 radical (unpaired) electrons. The van der Waals surface area contributed by atoms with Crippen LogP contribution in [0.1, 0.15) is 11.5 Å². The van der Waals surface area contributed by atoms with Gasteiger partial charge in [0.1, 0.15) is 5.41 Å². The fourth-order valence-corrected chi connectivity index (χ4v) is 5.88. The summed E-state index contributed by atoms with van der Waals surface area (Å²) < 4.78 is 26.0. The molecule has 7 heteroatoms. The van der Waals surface area contributed by atoms with Crippen molar-refractivity contribution >= 4 is 27.4 Å². The van der Waals surface area contributed by atoms with Crippen LogP contribution in [-0.4, -0.2) is 31.3 Å². The summed E-state index contributed by atoms with van der Waals surface area (Å²) in [6.45, 7) is -0.258. The van der Waals surface area contributed by atoms with Crippen LogP contribution in [0.25, 0.3) is 0 Å². The van der Waals surface area contributed by atoms with Crippen molar-refractivity contribution in [2.75, 3.05) is 6.54 Å². The largest absolute Gasteiger partial charge is 0.481 e. The summed E-state index contributed by atoms with van der Waals surface area (Å²) in [5.74, 6) is -1.91. The van der Waals surface area contributed by atoms with Crippen LogP contribution in [0.2, 0.25) is 5.02 Å². The van der Waals surface area contributed by atoms with Crippen LogP contribution >= 0.6 is 11.6 Å². The summed E-state index contributed by atoms with van der Waals surface area (Å²) in [6.07, 6.45) is 0. The van der Waals surface area contributed by atoms with E-state index in [0.29, 0.717) is 10.6 Å². The lowest BCUT2D eigenvalue weighted by Crippen LogP contribution is -2.31. The Hall–Kier alpha value is -1.89. The van der Waals surface area contributed by atoms with E-state index >= 15 is 0 Å². The zero-order valence-electron chi connectivity index (χ0n) is 12.6. The molecule has 1 fully saturated rings. The number of aliphatic carboxylic acids is 1. The summed E-state index contributed by atoms with van der Waals surface area (Å²) >= 11 is 5.87. The Morgan fingerprint density at radius 2 is 1.71 bits per heavy atom. The highest BCUT2D eigenvalue weighted by Crippen LogP contribution is 2.63. The maximum Gasteiger partial charge on any atom is 0.312 e. The Bertz CT molecular complexity index is 867. The van der Waals surface area contributed by atoms with Gasteiger partial charge in [0.2, 0.25) is 0 Å². The monoisotopic (exact) mass is 365 g/mol. The molecule has 2 aromatic rings. The summed E-state index contributed by atoms with van der Waals surface area (Å²) in [7, 11) is -3.83. The first-order valence-electron chi connectivity index (χ1n) is 7.33. The topological polar surface area (TPSA) is 97.5 Å². The van der Waals surface area contributed by atoms with Crippen molar-refractivity contribution in [1.82, 2.24) is 0 Å². The molecule has 0 spiro atoms. The van der Waals surface area contributed by atoms with E-state index in [4.69, 9.17) is 17.3 Å². The van der Waals surface area contributed by atoms with Crippen LogP contribution in [0.3, 0.4) is 0 Å². The molecule has 0 heterocycles. The van der Waals surface area contributed by atoms with Crippen LogP contribution in [0.4, 0.5) is 0 Å². The van der Waals surface area contributed by atoms with Gasteiger partial charge in [-0.05, 0) is 29.8 Å². The second-order valence-corrected chi connectivity index (χ2v) is 8.36. The SMILES string of the molecule is NC[C@@]1(C(=O)O)[C@H](c2ccc(Cl)cc2)[C@@H]1S(=O)(=O)c1ccccc1. The van der Waals surface area contributed by atoms with Gasteiger partial charge in [0.15, 0.2) is 9.84 Å². The normalized spacial score (nSPS) is 26.1. The van der Waals surface area contributed by atoms with Gasteiger partial charge in [-0.2, -0.15) is 0 Å². The molecule has 3 N–H and O–H groups in total. The number of halogens is 1. The molecule has 3 rings (SSSR count). The van der Waals surface area contributed by atoms with Crippen LogP contribution < -0.4 is 5.73 Å². The standard InChI is InChI=1S/C17H16ClNO4S/c18-12-8-6-11(7-9-12)14-15(17(14,10-19)16(20)21)24(22,23)13-4-2-1-3-5-13/h1-9,14-15H,10,19H2,(H,20,21)/t14-,15+,17-/m1/s1. The van der Waals surface area contributed by atoms with Gasteiger partial charge >= 0.3 is 5.97 Å². The number of benzene rings is 2.